The highest BCUT2D eigenvalue weighted by atomic mass is 32.2. The van der Waals surface area contributed by atoms with Gasteiger partial charge in [-0.25, -0.2) is 4.90 Å². The molecule has 1 fully saturated rings. The number of ether oxygens (including phenoxy) is 1. The number of nitrogens with one attached hydrogen (secondary N) is 1. The number of anilines is 1. The zero-order valence-electron chi connectivity index (χ0n) is 18.5. The molecule has 8 heteroatoms. The van der Waals surface area contributed by atoms with Gasteiger partial charge in [0, 0.05) is 42.9 Å². The van der Waals surface area contributed by atoms with Gasteiger partial charge in [-0.2, -0.15) is 0 Å². The van der Waals surface area contributed by atoms with Crippen LogP contribution in [0.3, 0.4) is 0 Å². The van der Waals surface area contributed by atoms with E-state index in [4.69, 9.17) is 4.74 Å². The Morgan fingerprint density at radius 1 is 1.12 bits per heavy atom. The first-order valence-corrected chi connectivity index (χ1v) is 11.5. The summed E-state index contributed by atoms with van der Waals surface area (Å²) < 4.78 is 6.86. The average molecular weight is 464 g/mol. The third kappa shape index (κ3) is 5.02. The topological polar surface area (TPSA) is 80.6 Å². The van der Waals surface area contributed by atoms with Crippen molar-refractivity contribution in [2.75, 3.05) is 25.2 Å². The van der Waals surface area contributed by atoms with E-state index in [1.807, 2.05) is 54.1 Å². The number of carbonyl (C=O) groups is 3. The lowest BCUT2D eigenvalue weighted by Gasteiger charge is -2.12. The highest BCUT2D eigenvalue weighted by molar-refractivity contribution is 8.19. The minimum Gasteiger partial charge on any atom is -0.385 e. The molecule has 1 aliphatic heterocycles. The highest BCUT2D eigenvalue weighted by Crippen LogP contribution is 2.37. The summed E-state index contributed by atoms with van der Waals surface area (Å²) in [6.07, 6.45) is 4.32. The molecule has 3 aromatic rings. The zero-order chi connectivity index (χ0) is 23.4. The maximum atomic E-state index is 13.0. The Morgan fingerprint density at radius 2 is 1.88 bits per heavy atom. The van der Waals surface area contributed by atoms with Crippen molar-refractivity contribution in [1.82, 2.24) is 9.88 Å². The number of imide groups is 1. The quantitative estimate of drug-likeness (QED) is 0.397. The summed E-state index contributed by atoms with van der Waals surface area (Å²) in [6.45, 7) is 3.25. The number of amides is 3. The van der Waals surface area contributed by atoms with E-state index in [1.165, 1.54) is 4.90 Å². The smallest absolute Gasteiger partial charge is 0.298 e. The maximum absolute atomic E-state index is 13.0. The second kappa shape index (κ2) is 10.1. The van der Waals surface area contributed by atoms with Crippen LogP contribution in [0.5, 0.6) is 0 Å². The zero-order valence-corrected chi connectivity index (χ0v) is 19.4. The second-order valence-electron chi connectivity index (χ2n) is 7.78. The molecule has 2 heterocycles. The van der Waals surface area contributed by atoms with Crippen molar-refractivity contribution in [2.24, 2.45) is 0 Å². The summed E-state index contributed by atoms with van der Waals surface area (Å²) in [5, 5.41) is 3.47. The van der Waals surface area contributed by atoms with Gasteiger partial charge in [-0.3, -0.25) is 14.4 Å². The van der Waals surface area contributed by atoms with Gasteiger partial charge in [0.25, 0.3) is 11.1 Å². The Labute approximate surface area is 196 Å². The number of rotatable bonds is 8. The van der Waals surface area contributed by atoms with E-state index in [0.717, 1.165) is 40.2 Å². The van der Waals surface area contributed by atoms with Gasteiger partial charge in [-0.15, -0.1) is 0 Å². The van der Waals surface area contributed by atoms with Crippen molar-refractivity contribution in [3.63, 3.8) is 0 Å². The first kappa shape index (κ1) is 22.8. The number of nitrogens with zero attached hydrogens (tertiary/aromatic N) is 2. The molecular formula is C25H25N3O4S. The molecule has 0 atom stereocenters. The number of methoxy groups -OCH3 is 1. The summed E-state index contributed by atoms with van der Waals surface area (Å²) in [5.41, 5.74) is 3.27. The van der Waals surface area contributed by atoms with Gasteiger partial charge >= 0.3 is 0 Å². The number of fused-ring (bicyclic) bond motifs is 1. The van der Waals surface area contributed by atoms with Crippen molar-refractivity contribution in [3.05, 3.63) is 70.8 Å². The average Bonchev–Trinajstić information content (AvgIpc) is 3.28. The van der Waals surface area contributed by atoms with Crippen LogP contribution >= 0.6 is 11.8 Å². The maximum Gasteiger partial charge on any atom is 0.298 e. The molecule has 0 bridgehead atoms. The Morgan fingerprint density at radius 3 is 2.64 bits per heavy atom. The molecule has 0 unspecified atom stereocenters. The van der Waals surface area contributed by atoms with E-state index in [0.29, 0.717) is 23.7 Å². The molecule has 1 N–H and O–H groups in total. The first-order chi connectivity index (χ1) is 16.0. The monoisotopic (exact) mass is 463 g/mol. The SMILES string of the molecule is COCCCNC(=O)Cn1cc(/C=C2\SC(=O)N(c3ccc(C)cc3)C2=O)c2ccccc21. The molecule has 1 aromatic heterocycles. The standard InChI is InChI=1S/C25H25N3O4S/c1-17-8-10-19(11-9-17)28-24(30)22(33-25(28)31)14-18-15-27(21-7-4-3-6-20(18)21)16-23(29)26-12-5-13-32-2/h3-4,6-11,14-15H,5,12-13,16H2,1-2H3,(H,26,29)/b22-14-. The Hall–Kier alpha value is -3.36. The molecule has 33 heavy (non-hydrogen) atoms. The van der Waals surface area contributed by atoms with Crippen molar-refractivity contribution >= 4 is 51.5 Å². The van der Waals surface area contributed by atoms with Crippen LogP contribution in [0, 0.1) is 6.92 Å². The summed E-state index contributed by atoms with van der Waals surface area (Å²) in [7, 11) is 1.63. The first-order valence-electron chi connectivity index (χ1n) is 10.7. The van der Waals surface area contributed by atoms with Crippen LogP contribution in [-0.4, -0.2) is 41.9 Å². The Kier molecular flexibility index (Phi) is 6.96. The lowest BCUT2D eigenvalue weighted by atomic mass is 10.1. The number of carbonyl (C=O) groups excluding carboxylic acids is 3. The molecule has 0 radical (unpaired) electrons. The van der Waals surface area contributed by atoms with E-state index in [9.17, 15) is 14.4 Å². The highest BCUT2D eigenvalue weighted by Gasteiger charge is 2.36. The summed E-state index contributed by atoms with van der Waals surface area (Å²) in [6, 6.07) is 15.0. The minimum atomic E-state index is -0.346. The molecular weight excluding hydrogens is 438 g/mol. The third-order valence-electron chi connectivity index (χ3n) is 5.35. The predicted molar refractivity (Wildman–Crippen MR) is 131 cm³/mol. The van der Waals surface area contributed by atoms with Crippen LogP contribution in [0.1, 0.15) is 17.5 Å². The summed E-state index contributed by atoms with van der Waals surface area (Å²) in [5.74, 6) is -0.445. The summed E-state index contributed by atoms with van der Waals surface area (Å²) in [4.78, 5) is 39.6. The molecule has 0 aliphatic carbocycles. The van der Waals surface area contributed by atoms with Crippen LogP contribution in [0.2, 0.25) is 0 Å². The fraction of sp³-hybridized carbons (Fsp3) is 0.240. The molecule has 3 amide bonds. The molecule has 0 spiro atoms. The number of para-hydroxylation sites is 1. The van der Waals surface area contributed by atoms with Gasteiger partial charge in [-0.1, -0.05) is 35.9 Å². The minimum absolute atomic E-state index is 0.0990. The van der Waals surface area contributed by atoms with Crippen molar-refractivity contribution < 1.29 is 19.1 Å². The largest absolute Gasteiger partial charge is 0.385 e. The van der Waals surface area contributed by atoms with Crippen LogP contribution in [0.4, 0.5) is 10.5 Å². The van der Waals surface area contributed by atoms with Gasteiger partial charge in [-0.05, 0) is 49.4 Å². The van der Waals surface area contributed by atoms with Crippen LogP contribution in [0.25, 0.3) is 17.0 Å². The third-order valence-corrected chi connectivity index (χ3v) is 6.22. The number of aryl methyl sites for hydroxylation is 1. The van der Waals surface area contributed by atoms with E-state index >= 15 is 0 Å². The van der Waals surface area contributed by atoms with Crippen LogP contribution in [0.15, 0.2) is 59.6 Å². The molecule has 7 nitrogen and oxygen atoms in total. The van der Waals surface area contributed by atoms with Gasteiger partial charge < -0.3 is 14.6 Å². The molecule has 170 valence electrons. The Balaban J connectivity index is 1.58. The molecule has 4 rings (SSSR count). The van der Waals surface area contributed by atoms with Gasteiger partial charge in [0.2, 0.25) is 5.91 Å². The van der Waals surface area contributed by atoms with Crippen molar-refractivity contribution in [3.8, 4) is 0 Å². The molecule has 2 aromatic carbocycles. The predicted octanol–water partition coefficient (Wildman–Crippen LogP) is 4.34. The van der Waals surface area contributed by atoms with Gasteiger partial charge in [0.1, 0.15) is 6.54 Å². The number of hydrogen-bond acceptors (Lipinski definition) is 5. The van der Waals surface area contributed by atoms with Crippen molar-refractivity contribution in [2.45, 2.75) is 19.9 Å². The van der Waals surface area contributed by atoms with E-state index in [2.05, 4.69) is 5.32 Å². The van der Waals surface area contributed by atoms with E-state index < -0.39 is 0 Å². The number of aromatic nitrogens is 1. The Bertz CT molecular complexity index is 1230. The number of benzene rings is 2. The van der Waals surface area contributed by atoms with E-state index in [-0.39, 0.29) is 23.6 Å². The number of hydrogen-bond donors (Lipinski definition) is 1. The summed E-state index contributed by atoms with van der Waals surface area (Å²) >= 11 is 0.921. The van der Waals surface area contributed by atoms with Crippen molar-refractivity contribution in [1.29, 1.82) is 0 Å². The fourth-order valence-corrected chi connectivity index (χ4v) is 4.53. The number of thioether (sulfide) groups is 1. The van der Waals surface area contributed by atoms with Gasteiger partial charge in [0.05, 0.1) is 10.6 Å². The normalized spacial score (nSPS) is 15.1. The second-order valence-corrected chi connectivity index (χ2v) is 8.77. The molecule has 0 saturated carbocycles. The lowest BCUT2D eigenvalue weighted by molar-refractivity contribution is -0.121. The molecule has 1 aliphatic rings. The van der Waals surface area contributed by atoms with Crippen LogP contribution < -0.4 is 10.2 Å². The lowest BCUT2D eigenvalue weighted by Crippen LogP contribution is -2.28. The van der Waals surface area contributed by atoms with E-state index in [1.54, 1.807) is 25.3 Å². The van der Waals surface area contributed by atoms with Gasteiger partial charge in [0.15, 0.2) is 0 Å². The fourth-order valence-electron chi connectivity index (χ4n) is 3.70. The van der Waals surface area contributed by atoms with Crippen LogP contribution in [-0.2, 0) is 20.9 Å². The molecule has 1 saturated heterocycles.